The number of hydrogen-bond acceptors (Lipinski definition) is 7. The second-order valence-electron chi connectivity index (χ2n) is 7.96. The average Bonchev–Trinajstić information content (AvgIpc) is 3.33. The molecule has 9 heteroatoms. The van der Waals surface area contributed by atoms with Crippen LogP contribution in [0.5, 0.6) is 0 Å². The molecular weight excluding hydrogens is 424 g/mol. The maximum absolute atomic E-state index is 11.2. The molecule has 168 valence electrons. The summed E-state index contributed by atoms with van der Waals surface area (Å²) in [5.74, 6) is -0.484. The average molecular weight is 446 g/mol. The number of ether oxygens (including phenoxy) is 1. The zero-order valence-corrected chi connectivity index (χ0v) is 17.7. The molecule has 1 aliphatic heterocycles. The van der Waals surface area contributed by atoms with Crippen molar-refractivity contribution in [3.63, 3.8) is 0 Å². The summed E-state index contributed by atoms with van der Waals surface area (Å²) in [4.78, 5) is 20.0. The van der Waals surface area contributed by atoms with Gasteiger partial charge in [0.25, 0.3) is 0 Å². The molecule has 0 unspecified atom stereocenters. The molecule has 4 atom stereocenters. The number of aliphatic hydroxyl groups excluding tert-OH is 2. The Balaban J connectivity index is 1.65. The van der Waals surface area contributed by atoms with Gasteiger partial charge in [-0.05, 0) is 36.8 Å². The van der Waals surface area contributed by atoms with Crippen LogP contribution in [0.4, 0.5) is 11.5 Å². The number of aliphatic hydroxyl groups is 2. The zero-order chi connectivity index (χ0) is 23.1. The fourth-order valence-corrected chi connectivity index (χ4v) is 4.10. The molecule has 0 aliphatic carbocycles. The van der Waals surface area contributed by atoms with Crippen LogP contribution in [0.1, 0.15) is 23.5 Å². The van der Waals surface area contributed by atoms with E-state index in [-0.39, 0.29) is 5.56 Å². The van der Waals surface area contributed by atoms with Crippen LogP contribution in [0.2, 0.25) is 0 Å². The first kappa shape index (κ1) is 21.1. The van der Waals surface area contributed by atoms with Crippen molar-refractivity contribution in [1.29, 1.82) is 0 Å². The highest BCUT2D eigenvalue weighted by Crippen LogP contribution is 2.39. The molecule has 4 N–H and O–H groups in total. The fourth-order valence-electron chi connectivity index (χ4n) is 4.10. The highest BCUT2D eigenvalue weighted by atomic mass is 16.6. The molecule has 1 saturated heterocycles. The molecule has 2 aromatic carbocycles. The Morgan fingerprint density at radius 2 is 1.76 bits per heavy atom. The number of fused-ring (bicyclic) bond motifs is 1. The van der Waals surface area contributed by atoms with E-state index in [2.05, 4.69) is 15.3 Å². The van der Waals surface area contributed by atoms with Gasteiger partial charge in [-0.1, -0.05) is 30.3 Å². The summed E-state index contributed by atoms with van der Waals surface area (Å²) in [5, 5.41) is 33.9. The number of rotatable bonds is 5. The Labute approximate surface area is 188 Å². The van der Waals surface area contributed by atoms with Gasteiger partial charge in [0.2, 0.25) is 0 Å². The number of aromatic nitrogens is 3. The maximum Gasteiger partial charge on any atom is 0.335 e. The molecule has 1 aliphatic rings. The standard InChI is InChI=1S/C24H22N4O5/c1-13-19(29)20(30)23(33-13)28-11-17(14-5-3-2-4-6-14)18-21(25-12-26-22(18)28)27-16-9-7-15(8-10-16)24(31)32/h2-13,19-20,23,29-30H,1H3,(H,31,32)(H,25,26,27)/t13-,19-,20-,23-/m1/s1. The Bertz CT molecular complexity index is 1310. The number of carboxylic acids is 1. The van der Waals surface area contributed by atoms with Crippen molar-refractivity contribution < 1.29 is 24.9 Å². The third kappa shape index (κ3) is 3.72. The molecule has 2 aromatic heterocycles. The number of aromatic carboxylic acids is 1. The van der Waals surface area contributed by atoms with Crippen molar-refractivity contribution in [2.24, 2.45) is 0 Å². The second kappa shape index (κ2) is 8.28. The van der Waals surface area contributed by atoms with Crippen molar-refractivity contribution in [2.45, 2.75) is 31.5 Å². The largest absolute Gasteiger partial charge is 0.478 e. The van der Waals surface area contributed by atoms with Gasteiger partial charge in [0.1, 0.15) is 30.0 Å². The lowest BCUT2D eigenvalue weighted by Gasteiger charge is -2.17. The first-order chi connectivity index (χ1) is 15.9. The molecule has 1 fully saturated rings. The van der Waals surface area contributed by atoms with Gasteiger partial charge in [-0.2, -0.15) is 0 Å². The zero-order valence-electron chi connectivity index (χ0n) is 17.7. The van der Waals surface area contributed by atoms with Crippen LogP contribution < -0.4 is 5.32 Å². The van der Waals surface area contributed by atoms with Crippen LogP contribution in [-0.4, -0.2) is 54.1 Å². The summed E-state index contributed by atoms with van der Waals surface area (Å²) in [6.07, 6.45) is -0.231. The van der Waals surface area contributed by atoms with Crippen LogP contribution in [0, 0.1) is 0 Å². The summed E-state index contributed by atoms with van der Waals surface area (Å²) in [6.45, 7) is 1.71. The van der Waals surface area contributed by atoms with E-state index in [9.17, 15) is 15.0 Å². The van der Waals surface area contributed by atoms with Gasteiger partial charge in [0, 0.05) is 17.4 Å². The van der Waals surface area contributed by atoms with E-state index in [0.29, 0.717) is 22.5 Å². The van der Waals surface area contributed by atoms with E-state index >= 15 is 0 Å². The number of benzene rings is 2. The fraction of sp³-hybridized carbons (Fsp3) is 0.208. The molecule has 0 spiro atoms. The number of carboxylic acid groups (broad SMARTS) is 1. The lowest BCUT2D eigenvalue weighted by atomic mass is 10.1. The molecule has 0 amide bonds. The van der Waals surface area contributed by atoms with Gasteiger partial charge in [-0.25, -0.2) is 14.8 Å². The first-order valence-corrected chi connectivity index (χ1v) is 10.5. The minimum Gasteiger partial charge on any atom is -0.478 e. The van der Waals surface area contributed by atoms with Crippen molar-refractivity contribution in [3.05, 3.63) is 72.7 Å². The van der Waals surface area contributed by atoms with E-state index in [1.807, 2.05) is 36.5 Å². The topological polar surface area (TPSA) is 130 Å². The predicted molar refractivity (Wildman–Crippen MR) is 121 cm³/mol. The van der Waals surface area contributed by atoms with Gasteiger partial charge in [-0.3, -0.25) is 0 Å². The summed E-state index contributed by atoms with van der Waals surface area (Å²) in [7, 11) is 0. The molecule has 0 saturated carbocycles. The van der Waals surface area contributed by atoms with Crippen LogP contribution >= 0.6 is 0 Å². The SMILES string of the molecule is C[C@H]1O[C@@H](n2cc(-c3ccccc3)c3c(Nc4ccc(C(=O)O)cc4)ncnc32)[C@H](O)[C@@H]1O. The summed E-state index contributed by atoms with van der Waals surface area (Å²) in [5.41, 5.74) is 3.11. The van der Waals surface area contributed by atoms with Crippen molar-refractivity contribution in [2.75, 3.05) is 5.32 Å². The first-order valence-electron chi connectivity index (χ1n) is 10.5. The molecule has 0 bridgehead atoms. The molecule has 0 radical (unpaired) electrons. The van der Waals surface area contributed by atoms with E-state index in [1.165, 1.54) is 18.5 Å². The molecular formula is C24H22N4O5. The maximum atomic E-state index is 11.2. The summed E-state index contributed by atoms with van der Waals surface area (Å²) in [6, 6.07) is 16.0. The molecule has 33 heavy (non-hydrogen) atoms. The molecule has 9 nitrogen and oxygen atoms in total. The second-order valence-corrected chi connectivity index (χ2v) is 7.96. The Hall–Kier alpha value is -3.79. The van der Waals surface area contributed by atoms with Gasteiger partial charge in [0.05, 0.1) is 17.1 Å². The molecule has 4 aromatic rings. The Morgan fingerprint density at radius 1 is 1.03 bits per heavy atom. The third-order valence-electron chi connectivity index (χ3n) is 5.84. The number of carbonyl (C=O) groups is 1. The van der Waals surface area contributed by atoms with Crippen LogP contribution in [0.25, 0.3) is 22.2 Å². The van der Waals surface area contributed by atoms with E-state index in [0.717, 1.165) is 11.1 Å². The predicted octanol–water partition coefficient (Wildman–Crippen LogP) is 3.18. The van der Waals surface area contributed by atoms with Crippen molar-refractivity contribution >= 4 is 28.5 Å². The summed E-state index contributed by atoms with van der Waals surface area (Å²) < 4.78 is 7.57. The van der Waals surface area contributed by atoms with Crippen LogP contribution in [0.15, 0.2) is 67.1 Å². The smallest absolute Gasteiger partial charge is 0.335 e. The highest BCUT2D eigenvalue weighted by molar-refractivity contribution is 6.02. The monoisotopic (exact) mass is 446 g/mol. The van der Waals surface area contributed by atoms with E-state index in [4.69, 9.17) is 9.84 Å². The Morgan fingerprint density at radius 3 is 2.39 bits per heavy atom. The lowest BCUT2D eigenvalue weighted by molar-refractivity contribution is -0.0295. The number of anilines is 2. The quantitative estimate of drug-likeness (QED) is 0.368. The lowest BCUT2D eigenvalue weighted by Crippen LogP contribution is -2.30. The number of hydrogen-bond donors (Lipinski definition) is 4. The Kier molecular flexibility index (Phi) is 5.29. The summed E-state index contributed by atoms with van der Waals surface area (Å²) >= 11 is 0. The molecule has 5 rings (SSSR count). The number of nitrogens with one attached hydrogen (secondary N) is 1. The normalized spacial score (nSPS) is 22.5. The van der Waals surface area contributed by atoms with Gasteiger partial charge in [-0.15, -0.1) is 0 Å². The van der Waals surface area contributed by atoms with Crippen LogP contribution in [-0.2, 0) is 4.74 Å². The van der Waals surface area contributed by atoms with Crippen molar-refractivity contribution in [3.8, 4) is 11.1 Å². The minimum atomic E-state index is -1.12. The highest BCUT2D eigenvalue weighted by Gasteiger charge is 2.42. The van der Waals surface area contributed by atoms with Gasteiger partial charge < -0.3 is 29.9 Å². The number of nitrogens with zero attached hydrogens (tertiary/aromatic N) is 3. The molecule has 3 heterocycles. The minimum absolute atomic E-state index is 0.185. The van der Waals surface area contributed by atoms with Crippen molar-refractivity contribution in [1.82, 2.24) is 14.5 Å². The van der Waals surface area contributed by atoms with E-state index < -0.39 is 30.5 Å². The van der Waals surface area contributed by atoms with Crippen LogP contribution in [0.3, 0.4) is 0 Å². The third-order valence-corrected chi connectivity index (χ3v) is 5.84. The van der Waals surface area contributed by atoms with E-state index in [1.54, 1.807) is 23.6 Å². The van der Waals surface area contributed by atoms with Gasteiger partial charge >= 0.3 is 5.97 Å². The van der Waals surface area contributed by atoms with Gasteiger partial charge in [0.15, 0.2) is 6.23 Å².